The van der Waals surface area contributed by atoms with Gasteiger partial charge in [-0.15, -0.1) is 0 Å². The molecule has 2 rings (SSSR count). The second-order valence-corrected chi connectivity index (χ2v) is 5.13. The minimum atomic E-state index is -0.129. The van der Waals surface area contributed by atoms with Crippen molar-refractivity contribution < 1.29 is 9.53 Å². The number of rotatable bonds is 5. The highest BCUT2D eigenvalue weighted by molar-refractivity contribution is 5.91. The number of nitrogens with one attached hydrogen (secondary N) is 1. The Morgan fingerprint density at radius 2 is 1.91 bits per heavy atom. The van der Waals surface area contributed by atoms with Gasteiger partial charge >= 0.3 is 6.03 Å². The average Bonchev–Trinajstić information content (AvgIpc) is 2.53. The summed E-state index contributed by atoms with van der Waals surface area (Å²) in [5.74, 6) is 0.662. The van der Waals surface area contributed by atoms with Crippen molar-refractivity contribution in [3.63, 3.8) is 0 Å². The topological polar surface area (TPSA) is 41.6 Å². The van der Waals surface area contributed by atoms with E-state index in [9.17, 15) is 4.79 Å². The van der Waals surface area contributed by atoms with E-state index >= 15 is 0 Å². The van der Waals surface area contributed by atoms with Crippen LogP contribution >= 0.6 is 0 Å². The third kappa shape index (κ3) is 4.01. The first-order valence-electron chi connectivity index (χ1n) is 7.38. The molecule has 0 aliphatic carbocycles. The molecule has 2 amide bonds. The molecule has 0 unspecified atom stereocenters. The minimum Gasteiger partial charge on any atom is -0.495 e. The van der Waals surface area contributed by atoms with Crippen LogP contribution in [0.4, 0.5) is 10.5 Å². The van der Waals surface area contributed by atoms with Gasteiger partial charge in [-0.25, -0.2) is 4.79 Å². The fraction of sp³-hybridized carbons (Fsp3) is 0.278. The third-order valence-electron chi connectivity index (χ3n) is 3.48. The second-order valence-electron chi connectivity index (χ2n) is 5.13. The molecule has 0 saturated carbocycles. The highest BCUT2D eigenvalue weighted by atomic mass is 16.5. The average molecular weight is 298 g/mol. The number of urea groups is 1. The summed E-state index contributed by atoms with van der Waals surface area (Å²) in [6.07, 6.45) is 0. The number of benzene rings is 2. The highest BCUT2D eigenvalue weighted by Gasteiger charge is 2.14. The molecule has 0 aliphatic heterocycles. The van der Waals surface area contributed by atoms with E-state index in [4.69, 9.17) is 4.74 Å². The molecule has 0 atom stereocenters. The van der Waals surface area contributed by atoms with Crippen LogP contribution in [0, 0.1) is 6.92 Å². The van der Waals surface area contributed by atoms with Gasteiger partial charge in [-0.2, -0.15) is 0 Å². The van der Waals surface area contributed by atoms with Gasteiger partial charge in [-0.1, -0.05) is 36.4 Å². The van der Waals surface area contributed by atoms with Crippen molar-refractivity contribution in [1.29, 1.82) is 0 Å². The van der Waals surface area contributed by atoms with Crippen molar-refractivity contribution in [2.24, 2.45) is 0 Å². The number of carbonyl (C=O) groups excluding carboxylic acids is 1. The molecule has 0 aliphatic rings. The van der Waals surface area contributed by atoms with Crippen LogP contribution in [0.15, 0.2) is 48.5 Å². The molecule has 0 aromatic heterocycles. The number of anilines is 1. The van der Waals surface area contributed by atoms with Crippen molar-refractivity contribution in [2.45, 2.75) is 20.4 Å². The van der Waals surface area contributed by atoms with Gasteiger partial charge in [0.25, 0.3) is 0 Å². The van der Waals surface area contributed by atoms with Crippen molar-refractivity contribution in [3.05, 3.63) is 59.7 Å². The number of aryl methyl sites for hydroxylation is 1. The Labute approximate surface area is 131 Å². The predicted molar refractivity (Wildman–Crippen MR) is 89.3 cm³/mol. The van der Waals surface area contributed by atoms with Gasteiger partial charge in [0, 0.05) is 13.1 Å². The Hall–Kier alpha value is -2.49. The fourth-order valence-corrected chi connectivity index (χ4v) is 2.24. The fourth-order valence-electron chi connectivity index (χ4n) is 2.24. The van der Waals surface area contributed by atoms with Crippen LogP contribution in [0.25, 0.3) is 0 Å². The Kier molecular flexibility index (Phi) is 5.42. The number of amides is 2. The van der Waals surface area contributed by atoms with Gasteiger partial charge in [0.15, 0.2) is 0 Å². The van der Waals surface area contributed by atoms with Crippen LogP contribution in [0.3, 0.4) is 0 Å². The zero-order chi connectivity index (χ0) is 15.9. The number of hydrogen-bond acceptors (Lipinski definition) is 2. The summed E-state index contributed by atoms with van der Waals surface area (Å²) in [5, 5.41) is 2.94. The van der Waals surface area contributed by atoms with Crippen molar-refractivity contribution >= 4 is 11.7 Å². The van der Waals surface area contributed by atoms with E-state index in [1.807, 2.05) is 62.4 Å². The van der Waals surface area contributed by atoms with Gasteiger partial charge in [0.05, 0.1) is 12.8 Å². The standard InChI is InChI=1S/C18H22N2O2/c1-4-20(13-15-8-6-5-7-9-15)18(21)19-16-12-14(2)10-11-17(16)22-3/h5-12H,4,13H2,1-3H3,(H,19,21). The summed E-state index contributed by atoms with van der Waals surface area (Å²) in [6.45, 7) is 5.17. The molecule has 0 fully saturated rings. The summed E-state index contributed by atoms with van der Waals surface area (Å²) in [7, 11) is 1.60. The maximum atomic E-state index is 12.5. The lowest BCUT2D eigenvalue weighted by atomic mass is 10.2. The summed E-state index contributed by atoms with van der Waals surface area (Å²) in [6, 6.07) is 15.6. The minimum absolute atomic E-state index is 0.129. The quantitative estimate of drug-likeness (QED) is 0.904. The van der Waals surface area contributed by atoms with E-state index in [0.29, 0.717) is 24.5 Å². The normalized spacial score (nSPS) is 10.1. The number of nitrogens with zero attached hydrogens (tertiary/aromatic N) is 1. The molecule has 2 aromatic carbocycles. The highest BCUT2D eigenvalue weighted by Crippen LogP contribution is 2.25. The molecule has 2 aromatic rings. The summed E-state index contributed by atoms with van der Waals surface area (Å²) < 4.78 is 5.30. The monoisotopic (exact) mass is 298 g/mol. The van der Waals surface area contributed by atoms with Crippen LogP contribution < -0.4 is 10.1 Å². The molecule has 1 N–H and O–H groups in total. The third-order valence-corrected chi connectivity index (χ3v) is 3.48. The van der Waals surface area contributed by atoms with Crippen molar-refractivity contribution in [2.75, 3.05) is 19.0 Å². The summed E-state index contributed by atoms with van der Waals surface area (Å²) in [5.41, 5.74) is 2.87. The van der Waals surface area contributed by atoms with E-state index in [0.717, 1.165) is 11.1 Å². The maximum absolute atomic E-state index is 12.5. The van der Waals surface area contributed by atoms with Crippen molar-refractivity contribution in [3.8, 4) is 5.75 Å². The van der Waals surface area contributed by atoms with Gasteiger partial charge < -0.3 is 15.0 Å². The zero-order valence-corrected chi connectivity index (χ0v) is 13.3. The molecular formula is C18H22N2O2. The molecule has 4 nitrogen and oxygen atoms in total. The lowest BCUT2D eigenvalue weighted by molar-refractivity contribution is 0.212. The van der Waals surface area contributed by atoms with Gasteiger partial charge in [-0.05, 0) is 37.1 Å². The van der Waals surface area contributed by atoms with E-state index < -0.39 is 0 Å². The Morgan fingerprint density at radius 1 is 1.18 bits per heavy atom. The molecular weight excluding hydrogens is 276 g/mol. The van der Waals surface area contributed by atoms with Crippen LogP contribution in [0.1, 0.15) is 18.1 Å². The molecule has 0 spiro atoms. The summed E-state index contributed by atoms with van der Waals surface area (Å²) >= 11 is 0. The van der Waals surface area contributed by atoms with Crippen LogP contribution in [0.2, 0.25) is 0 Å². The van der Waals surface area contributed by atoms with Gasteiger partial charge in [-0.3, -0.25) is 0 Å². The Bertz CT molecular complexity index is 626. The molecule has 0 radical (unpaired) electrons. The lowest BCUT2D eigenvalue weighted by Gasteiger charge is -2.22. The van der Waals surface area contributed by atoms with Gasteiger partial charge in [0.2, 0.25) is 0 Å². The number of methoxy groups -OCH3 is 1. The predicted octanol–water partition coefficient (Wildman–Crippen LogP) is 4.06. The largest absolute Gasteiger partial charge is 0.495 e. The first-order chi connectivity index (χ1) is 10.6. The smallest absolute Gasteiger partial charge is 0.322 e. The van der Waals surface area contributed by atoms with Gasteiger partial charge in [0.1, 0.15) is 5.75 Å². The molecule has 0 heterocycles. The number of hydrogen-bond donors (Lipinski definition) is 1. The molecule has 0 bridgehead atoms. The second kappa shape index (κ2) is 7.50. The van der Waals surface area contributed by atoms with E-state index in [1.165, 1.54) is 0 Å². The van der Waals surface area contributed by atoms with E-state index in [2.05, 4.69) is 5.32 Å². The Morgan fingerprint density at radius 3 is 2.55 bits per heavy atom. The lowest BCUT2D eigenvalue weighted by Crippen LogP contribution is -2.34. The molecule has 22 heavy (non-hydrogen) atoms. The van der Waals surface area contributed by atoms with Crippen LogP contribution in [-0.2, 0) is 6.54 Å². The van der Waals surface area contributed by atoms with E-state index in [1.54, 1.807) is 12.0 Å². The summed E-state index contributed by atoms with van der Waals surface area (Å²) in [4.78, 5) is 14.2. The molecule has 0 saturated heterocycles. The SMILES string of the molecule is CCN(Cc1ccccc1)C(=O)Nc1cc(C)ccc1OC. The zero-order valence-electron chi connectivity index (χ0n) is 13.3. The number of carbonyl (C=O) groups is 1. The first kappa shape index (κ1) is 15.9. The Balaban J connectivity index is 2.11. The van der Waals surface area contributed by atoms with Crippen LogP contribution in [-0.4, -0.2) is 24.6 Å². The first-order valence-corrected chi connectivity index (χ1v) is 7.38. The van der Waals surface area contributed by atoms with E-state index in [-0.39, 0.29) is 6.03 Å². The maximum Gasteiger partial charge on any atom is 0.322 e. The molecule has 4 heteroatoms. The molecule has 116 valence electrons. The number of ether oxygens (including phenoxy) is 1. The van der Waals surface area contributed by atoms with Crippen molar-refractivity contribution in [1.82, 2.24) is 4.90 Å². The van der Waals surface area contributed by atoms with Crippen LogP contribution in [0.5, 0.6) is 5.75 Å².